The standard InChI is InChI=1S/C23H28F5N3O5S/c1-20(2,3)36-19(32)29-12-22(33,23(26,27)28)16-11-15(21(4,5)31-37(6,34)35)17(25)18(30-16)13-7-9-14(24)10-8-13/h7-11,31,33H,12H2,1-6H3,(H,29,32). The highest BCUT2D eigenvalue weighted by Crippen LogP contribution is 2.41. The lowest BCUT2D eigenvalue weighted by atomic mass is 9.89. The van der Waals surface area contributed by atoms with Gasteiger partial charge in [-0.25, -0.2) is 31.7 Å². The minimum atomic E-state index is -5.45. The van der Waals surface area contributed by atoms with Crippen molar-refractivity contribution in [3.63, 3.8) is 0 Å². The van der Waals surface area contributed by atoms with Crippen LogP contribution < -0.4 is 10.0 Å². The van der Waals surface area contributed by atoms with E-state index in [1.165, 1.54) is 34.6 Å². The van der Waals surface area contributed by atoms with Crippen LogP contribution in [-0.4, -0.2) is 49.2 Å². The summed E-state index contributed by atoms with van der Waals surface area (Å²) in [7, 11) is -3.99. The highest BCUT2D eigenvalue weighted by Gasteiger charge is 2.57. The minimum Gasteiger partial charge on any atom is -0.444 e. The molecule has 8 nitrogen and oxygen atoms in total. The summed E-state index contributed by atoms with van der Waals surface area (Å²) in [5, 5.41) is 12.7. The third-order valence-electron chi connectivity index (χ3n) is 4.97. The largest absolute Gasteiger partial charge is 0.444 e. The van der Waals surface area contributed by atoms with Crippen molar-refractivity contribution in [3.05, 3.63) is 53.2 Å². The predicted molar refractivity (Wildman–Crippen MR) is 125 cm³/mol. The molecular weight excluding hydrogens is 525 g/mol. The number of carbonyl (C=O) groups excluding carboxylic acids is 1. The van der Waals surface area contributed by atoms with E-state index in [0.717, 1.165) is 30.5 Å². The Kier molecular flexibility index (Phi) is 8.33. The fourth-order valence-electron chi connectivity index (χ4n) is 3.36. The van der Waals surface area contributed by atoms with Crippen LogP contribution in [0.2, 0.25) is 0 Å². The fraction of sp³-hybridized carbons (Fsp3) is 0.478. The fourth-order valence-corrected chi connectivity index (χ4v) is 4.40. The van der Waals surface area contributed by atoms with Crippen LogP contribution in [0.5, 0.6) is 0 Å². The number of carbonyl (C=O) groups is 1. The number of alkyl carbamates (subject to hydrolysis) is 1. The third kappa shape index (κ3) is 7.58. The van der Waals surface area contributed by atoms with Crippen molar-refractivity contribution in [1.29, 1.82) is 0 Å². The Hall–Kier alpha value is -2.84. The van der Waals surface area contributed by atoms with Gasteiger partial charge in [0.25, 0.3) is 0 Å². The first-order valence-corrected chi connectivity index (χ1v) is 12.7. The van der Waals surface area contributed by atoms with E-state index in [1.807, 2.05) is 5.32 Å². The Morgan fingerprint density at radius 3 is 2.05 bits per heavy atom. The number of alkyl halides is 3. The molecule has 0 aliphatic rings. The lowest BCUT2D eigenvalue weighted by Crippen LogP contribution is -2.52. The molecule has 2 aromatic rings. The van der Waals surface area contributed by atoms with Gasteiger partial charge in [0, 0.05) is 11.1 Å². The topological polar surface area (TPSA) is 118 Å². The molecule has 0 radical (unpaired) electrons. The number of sulfonamides is 1. The van der Waals surface area contributed by atoms with E-state index in [1.54, 1.807) is 0 Å². The Morgan fingerprint density at radius 2 is 1.59 bits per heavy atom. The summed E-state index contributed by atoms with van der Waals surface area (Å²) < 4.78 is 103. The van der Waals surface area contributed by atoms with E-state index < -0.39 is 74.2 Å². The Bertz CT molecular complexity index is 1260. The molecule has 1 aromatic heterocycles. The van der Waals surface area contributed by atoms with E-state index in [4.69, 9.17) is 4.74 Å². The van der Waals surface area contributed by atoms with Gasteiger partial charge in [0.05, 0.1) is 24.0 Å². The van der Waals surface area contributed by atoms with Crippen molar-refractivity contribution in [2.45, 2.75) is 57.5 Å². The second-order valence-corrected chi connectivity index (χ2v) is 11.7. The molecule has 2 rings (SSSR count). The van der Waals surface area contributed by atoms with Crippen LogP contribution in [0.1, 0.15) is 45.9 Å². The number of pyridine rings is 1. The lowest BCUT2D eigenvalue weighted by Gasteiger charge is -2.33. The summed E-state index contributed by atoms with van der Waals surface area (Å²) in [6, 6.07) is 4.50. The zero-order valence-electron chi connectivity index (χ0n) is 20.9. The predicted octanol–water partition coefficient (Wildman–Crippen LogP) is 4.09. The molecule has 3 N–H and O–H groups in total. The van der Waals surface area contributed by atoms with Crippen molar-refractivity contribution in [2.75, 3.05) is 12.8 Å². The van der Waals surface area contributed by atoms with Crippen LogP contribution in [-0.2, 0) is 25.9 Å². The molecule has 1 aromatic carbocycles. The quantitative estimate of drug-likeness (QED) is 0.445. The molecule has 1 atom stereocenters. The SMILES string of the molecule is CC(C)(C)OC(=O)NCC(O)(c1cc(C(C)(C)NS(C)(=O)=O)c(F)c(-c2ccc(F)cc2)n1)C(F)(F)F. The van der Waals surface area contributed by atoms with Crippen LogP contribution in [0.25, 0.3) is 11.3 Å². The average Bonchev–Trinajstić information content (AvgIpc) is 2.69. The molecule has 206 valence electrons. The van der Waals surface area contributed by atoms with Gasteiger partial charge < -0.3 is 15.2 Å². The second kappa shape index (κ2) is 10.1. The number of amides is 1. The number of hydrogen-bond acceptors (Lipinski definition) is 6. The van der Waals surface area contributed by atoms with E-state index in [9.17, 15) is 35.9 Å². The van der Waals surface area contributed by atoms with Gasteiger partial charge in [-0.1, -0.05) is 0 Å². The van der Waals surface area contributed by atoms with Gasteiger partial charge in [-0.15, -0.1) is 0 Å². The molecule has 0 aliphatic carbocycles. The van der Waals surface area contributed by atoms with Gasteiger partial charge in [-0.05, 0) is 65.0 Å². The van der Waals surface area contributed by atoms with Gasteiger partial charge >= 0.3 is 12.3 Å². The molecule has 1 amide bonds. The maximum absolute atomic E-state index is 15.7. The number of rotatable bonds is 7. The molecule has 0 aliphatic heterocycles. The monoisotopic (exact) mass is 553 g/mol. The molecule has 1 heterocycles. The third-order valence-corrected chi connectivity index (χ3v) is 5.85. The zero-order valence-corrected chi connectivity index (χ0v) is 21.7. The molecule has 0 saturated heterocycles. The molecule has 37 heavy (non-hydrogen) atoms. The van der Waals surface area contributed by atoms with E-state index >= 15 is 4.39 Å². The number of benzene rings is 1. The number of nitrogens with one attached hydrogen (secondary N) is 2. The van der Waals surface area contributed by atoms with Crippen molar-refractivity contribution in [2.24, 2.45) is 0 Å². The Morgan fingerprint density at radius 1 is 1.05 bits per heavy atom. The van der Waals surface area contributed by atoms with Crippen LogP contribution in [0.3, 0.4) is 0 Å². The smallest absolute Gasteiger partial charge is 0.424 e. The summed E-state index contributed by atoms with van der Waals surface area (Å²) in [6.07, 6.45) is -5.94. The first kappa shape index (κ1) is 30.4. The molecule has 0 spiro atoms. The van der Waals surface area contributed by atoms with Gasteiger partial charge in [0.1, 0.15) is 17.1 Å². The number of aromatic nitrogens is 1. The number of aliphatic hydroxyl groups is 1. The molecule has 1 unspecified atom stereocenters. The molecule has 0 saturated carbocycles. The lowest BCUT2D eigenvalue weighted by molar-refractivity contribution is -0.265. The summed E-state index contributed by atoms with van der Waals surface area (Å²) in [5.74, 6) is -1.92. The van der Waals surface area contributed by atoms with E-state index in [2.05, 4.69) is 9.71 Å². The maximum Gasteiger partial charge on any atom is 0.424 e. The normalized spacial score (nSPS) is 14.7. The number of ether oxygens (including phenoxy) is 1. The molecule has 0 bridgehead atoms. The van der Waals surface area contributed by atoms with Crippen LogP contribution in [0.15, 0.2) is 30.3 Å². The highest BCUT2D eigenvalue weighted by atomic mass is 32.2. The van der Waals surface area contributed by atoms with Crippen molar-refractivity contribution in [1.82, 2.24) is 15.0 Å². The number of hydrogen-bond donors (Lipinski definition) is 3. The van der Waals surface area contributed by atoms with Crippen molar-refractivity contribution in [3.8, 4) is 11.3 Å². The Labute approximate surface area is 211 Å². The summed E-state index contributed by atoms with van der Waals surface area (Å²) >= 11 is 0. The number of nitrogens with zero attached hydrogens (tertiary/aromatic N) is 1. The van der Waals surface area contributed by atoms with Gasteiger partial charge in [-0.2, -0.15) is 13.2 Å². The summed E-state index contributed by atoms with van der Waals surface area (Å²) in [5.41, 5.74) is -9.34. The highest BCUT2D eigenvalue weighted by molar-refractivity contribution is 7.88. The average molecular weight is 554 g/mol. The molecule has 0 fully saturated rings. The second-order valence-electron chi connectivity index (χ2n) is 9.94. The van der Waals surface area contributed by atoms with Crippen LogP contribution >= 0.6 is 0 Å². The van der Waals surface area contributed by atoms with Crippen molar-refractivity contribution < 1.29 is 45.0 Å². The first-order chi connectivity index (χ1) is 16.6. The van der Waals surface area contributed by atoms with E-state index in [-0.39, 0.29) is 5.56 Å². The summed E-state index contributed by atoms with van der Waals surface area (Å²) in [6.45, 7) is 5.34. The van der Waals surface area contributed by atoms with E-state index in [0.29, 0.717) is 6.07 Å². The Balaban J connectivity index is 2.78. The van der Waals surface area contributed by atoms with Crippen molar-refractivity contribution >= 4 is 16.1 Å². The zero-order chi connectivity index (χ0) is 28.6. The minimum absolute atomic E-state index is 0.151. The van der Waals surface area contributed by atoms with Gasteiger partial charge in [0.15, 0.2) is 5.82 Å². The first-order valence-electron chi connectivity index (χ1n) is 10.8. The molecular formula is C23H28F5N3O5S. The molecule has 14 heteroatoms. The number of halogens is 5. The van der Waals surface area contributed by atoms with Crippen LogP contribution in [0, 0.1) is 11.6 Å². The summed E-state index contributed by atoms with van der Waals surface area (Å²) in [4.78, 5) is 15.7. The van der Waals surface area contributed by atoms with Crippen LogP contribution in [0.4, 0.5) is 26.7 Å². The maximum atomic E-state index is 15.7. The van der Waals surface area contributed by atoms with Gasteiger partial charge in [-0.3, -0.25) is 0 Å². The van der Waals surface area contributed by atoms with Gasteiger partial charge in [0.2, 0.25) is 15.6 Å².